The summed E-state index contributed by atoms with van der Waals surface area (Å²) in [5.41, 5.74) is 4.48. The van der Waals surface area contributed by atoms with Crippen LogP contribution in [0.4, 0.5) is 31.5 Å². The number of amides is 1. The van der Waals surface area contributed by atoms with Crippen molar-refractivity contribution in [3.8, 4) is 0 Å². The number of hydrogen-bond donors (Lipinski definition) is 3. The number of rotatable bonds is 8. The van der Waals surface area contributed by atoms with Gasteiger partial charge in [-0.05, 0) is 98.4 Å². The molecular weight excluding hydrogens is 538 g/mol. The van der Waals surface area contributed by atoms with E-state index in [-0.39, 0.29) is 11.5 Å². The minimum absolute atomic E-state index is 0.206. The van der Waals surface area contributed by atoms with Gasteiger partial charge in [0.05, 0.1) is 29.3 Å². The van der Waals surface area contributed by atoms with Crippen molar-refractivity contribution in [1.82, 2.24) is 0 Å². The molecule has 0 aromatic heterocycles. The molecule has 0 atom stereocenters. The molecule has 216 valence electrons. The smallest absolute Gasteiger partial charge is 0.269 e. The van der Waals surface area contributed by atoms with Crippen molar-refractivity contribution in [3.63, 3.8) is 0 Å². The second-order valence-corrected chi connectivity index (χ2v) is 13.1. The molecule has 1 spiro atoms. The lowest BCUT2D eigenvalue weighted by molar-refractivity contribution is 0.102. The Labute approximate surface area is 234 Å². The Morgan fingerprint density at radius 3 is 2.27 bits per heavy atom. The third-order valence-corrected chi connectivity index (χ3v) is 9.58. The van der Waals surface area contributed by atoms with Gasteiger partial charge in [0.15, 0.2) is 0 Å². The number of piperidine rings is 2. The average molecular weight is 575 g/mol. The minimum Gasteiger partial charge on any atom is -0.395 e. The third kappa shape index (κ3) is 6.58. The summed E-state index contributed by atoms with van der Waals surface area (Å²) in [5.74, 6) is -0.726. The van der Waals surface area contributed by atoms with Gasteiger partial charge in [-0.15, -0.1) is 0 Å². The standard InChI is InChI=1S/C29H36F2N4O4S/c1-20-16-23(18-24(17-20)34-10-4-21(5-11-34)27(30)31)32-28(37)25-3-2-22(33-40(38,39)15-14-36)19-26(25)35-12-8-29(6-7-29)9-13-35/h2-3,16-19,33,36H,4-15H2,1H3,(H,32,37). The van der Waals surface area contributed by atoms with Crippen LogP contribution in [0.3, 0.4) is 0 Å². The molecule has 2 aromatic carbocycles. The predicted molar refractivity (Wildman–Crippen MR) is 154 cm³/mol. The first-order valence-electron chi connectivity index (χ1n) is 13.8. The van der Waals surface area contributed by atoms with E-state index < -0.39 is 28.5 Å². The monoisotopic (exact) mass is 574 g/mol. The first kappa shape index (κ1) is 28.4. The highest BCUT2D eigenvalue weighted by Gasteiger charge is 2.44. The van der Waals surface area contributed by atoms with Gasteiger partial charge in [-0.3, -0.25) is 9.52 Å². The summed E-state index contributed by atoms with van der Waals surface area (Å²) in [6.07, 6.45) is 3.59. The Morgan fingerprint density at radius 1 is 0.950 bits per heavy atom. The average Bonchev–Trinajstić information content (AvgIpc) is 3.67. The van der Waals surface area contributed by atoms with Crippen LogP contribution in [0, 0.1) is 12.3 Å². The van der Waals surface area contributed by atoms with E-state index in [0.717, 1.165) is 37.2 Å². The zero-order valence-electron chi connectivity index (χ0n) is 22.7. The van der Waals surface area contributed by atoms with E-state index in [1.54, 1.807) is 18.2 Å². The Bertz CT molecular complexity index is 1400. The van der Waals surface area contributed by atoms with Gasteiger partial charge in [0.2, 0.25) is 10.0 Å². The normalized spacial score (nSPS) is 18.6. The highest BCUT2D eigenvalue weighted by molar-refractivity contribution is 7.92. The molecule has 2 heterocycles. The molecule has 11 heteroatoms. The van der Waals surface area contributed by atoms with Crippen LogP contribution >= 0.6 is 0 Å². The molecular formula is C29H36F2N4O4S. The van der Waals surface area contributed by atoms with Gasteiger partial charge in [-0.2, -0.15) is 8.78 Å². The van der Waals surface area contributed by atoms with Crippen molar-refractivity contribution < 1.29 is 27.1 Å². The molecule has 3 N–H and O–H groups in total. The maximum Gasteiger partial charge on any atom is 0.269 e. The number of nitrogens with one attached hydrogen (secondary N) is 2. The second-order valence-electron chi connectivity index (χ2n) is 11.2. The van der Waals surface area contributed by atoms with Crippen LogP contribution in [0.25, 0.3) is 0 Å². The largest absolute Gasteiger partial charge is 0.395 e. The highest BCUT2D eigenvalue weighted by atomic mass is 32.2. The van der Waals surface area contributed by atoms with Gasteiger partial charge < -0.3 is 20.2 Å². The lowest BCUT2D eigenvalue weighted by atomic mass is 9.93. The summed E-state index contributed by atoms with van der Waals surface area (Å²) < 4.78 is 53.1. The zero-order chi connectivity index (χ0) is 28.5. The number of benzene rings is 2. The number of aliphatic hydroxyl groups excluding tert-OH is 1. The van der Waals surface area contributed by atoms with E-state index in [1.165, 1.54) is 12.8 Å². The number of carbonyl (C=O) groups excluding carboxylic acids is 1. The van der Waals surface area contributed by atoms with Crippen molar-refractivity contribution in [2.75, 3.05) is 58.4 Å². The van der Waals surface area contributed by atoms with E-state index in [0.29, 0.717) is 54.0 Å². The van der Waals surface area contributed by atoms with E-state index in [9.17, 15) is 22.0 Å². The maximum atomic E-state index is 13.6. The Kier molecular flexibility index (Phi) is 8.05. The van der Waals surface area contributed by atoms with Gasteiger partial charge >= 0.3 is 0 Å². The molecule has 8 nitrogen and oxygen atoms in total. The quantitative estimate of drug-likeness (QED) is 0.405. The number of aliphatic hydroxyl groups is 1. The number of carbonyl (C=O) groups is 1. The lowest BCUT2D eigenvalue weighted by Crippen LogP contribution is -2.35. The summed E-state index contributed by atoms with van der Waals surface area (Å²) in [7, 11) is -3.72. The number of hydrogen-bond acceptors (Lipinski definition) is 6. The van der Waals surface area contributed by atoms with Crippen LogP contribution in [0.15, 0.2) is 48.1 Å². The third-order valence-electron chi connectivity index (χ3n) is 8.32. The second kappa shape index (κ2) is 11.4. The van der Waals surface area contributed by atoms with E-state index in [1.807, 2.05) is 25.1 Å². The Hall–Kier alpha value is -3.18. The molecule has 2 aliphatic heterocycles. The molecule has 1 aliphatic carbocycles. The van der Waals surface area contributed by atoms with E-state index in [4.69, 9.17) is 5.11 Å². The molecule has 3 fully saturated rings. The molecule has 3 aliphatic rings. The molecule has 2 aromatic rings. The fourth-order valence-electron chi connectivity index (χ4n) is 5.74. The zero-order valence-corrected chi connectivity index (χ0v) is 23.5. The van der Waals surface area contributed by atoms with E-state index >= 15 is 0 Å². The van der Waals surface area contributed by atoms with Crippen LogP contribution in [-0.2, 0) is 10.0 Å². The topological polar surface area (TPSA) is 102 Å². The molecule has 2 saturated heterocycles. The van der Waals surface area contributed by atoms with Crippen molar-refractivity contribution in [1.29, 1.82) is 0 Å². The van der Waals surface area contributed by atoms with Crippen LogP contribution in [-0.4, -0.2) is 58.0 Å². The predicted octanol–water partition coefficient (Wildman–Crippen LogP) is 5.11. The molecule has 0 bridgehead atoms. The molecule has 1 saturated carbocycles. The molecule has 0 unspecified atom stereocenters. The van der Waals surface area contributed by atoms with Crippen molar-refractivity contribution in [3.05, 3.63) is 59.2 Å². The van der Waals surface area contributed by atoms with Gasteiger partial charge in [0, 0.05) is 37.6 Å². The van der Waals surface area contributed by atoms with Crippen molar-refractivity contribution in [2.24, 2.45) is 5.41 Å². The van der Waals surface area contributed by atoms with Gasteiger partial charge in [0.1, 0.15) is 0 Å². The molecule has 40 heavy (non-hydrogen) atoms. The summed E-state index contributed by atoms with van der Waals surface area (Å²) >= 11 is 0. The van der Waals surface area contributed by atoms with Gasteiger partial charge in [-0.25, -0.2) is 8.42 Å². The Balaban J connectivity index is 1.38. The lowest BCUT2D eigenvalue weighted by Gasteiger charge is -2.35. The number of aryl methyl sites for hydroxylation is 1. The summed E-state index contributed by atoms with van der Waals surface area (Å²) in [6.45, 7) is 3.97. The Morgan fingerprint density at radius 2 is 1.65 bits per heavy atom. The van der Waals surface area contributed by atoms with Crippen molar-refractivity contribution >= 4 is 38.7 Å². The fraction of sp³-hybridized carbons (Fsp3) is 0.483. The first-order chi connectivity index (χ1) is 19.1. The highest BCUT2D eigenvalue weighted by Crippen LogP contribution is 2.54. The number of halogens is 2. The van der Waals surface area contributed by atoms with Crippen LogP contribution in [0.1, 0.15) is 54.4 Å². The fourth-order valence-corrected chi connectivity index (χ4v) is 6.57. The van der Waals surface area contributed by atoms with Gasteiger partial charge in [-0.1, -0.05) is 0 Å². The molecule has 0 radical (unpaired) electrons. The number of sulfonamides is 1. The van der Waals surface area contributed by atoms with Crippen molar-refractivity contribution in [2.45, 2.75) is 45.4 Å². The maximum absolute atomic E-state index is 13.6. The van der Waals surface area contributed by atoms with Crippen LogP contribution < -0.4 is 19.8 Å². The van der Waals surface area contributed by atoms with Crippen LogP contribution in [0.5, 0.6) is 0 Å². The summed E-state index contributed by atoms with van der Waals surface area (Å²) in [4.78, 5) is 17.8. The van der Waals surface area contributed by atoms with E-state index in [2.05, 4.69) is 19.8 Å². The first-order valence-corrected chi connectivity index (χ1v) is 15.4. The molecule has 1 amide bonds. The number of anilines is 4. The summed E-state index contributed by atoms with van der Waals surface area (Å²) in [5, 5.41) is 12.1. The summed E-state index contributed by atoms with van der Waals surface area (Å²) in [6, 6.07) is 10.6. The SMILES string of the molecule is Cc1cc(NC(=O)c2ccc(NS(=O)(=O)CCO)cc2N2CCC3(CC2)CC3)cc(N2CCC(=C(F)F)CC2)c1. The van der Waals surface area contributed by atoms with Crippen LogP contribution in [0.2, 0.25) is 0 Å². The molecule has 5 rings (SSSR count). The number of nitrogens with zero attached hydrogens (tertiary/aromatic N) is 2. The van der Waals surface area contributed by atoms with Gasteiger partial charge in [0.25, 0.3) is 12.0 Å². The minimum atomic E-state index is -3.72.